The maximum atomic E-state index is 11.9. The van der Waals surface area contributed by atoms with Crippen LogP contribution in [0.5, 0.6) is 0 Å². The van der Waals surface area contributed by atoms with Crippen molar-refractivity contribution in [3.8, 4) is 0 Å². The molecule has 1 fully saturated rings. The highest BCUT2D eigenvalue weighted by Gasteiger charge is 2.29. The molecule has 0 radical (unpaired) electrons. The van der Waals surface area contributed by atoms with Gasteiger partial charge in [0.05, 0.1) is 0 Å². The topological polar surface area (TPSA) is 40.6 Å². The fourth-order valence-corrected chi connectivity index (χ4v) is 3.36. The summed E-state index contributed by atoms with van der Waals surface area (Å²) in [7, 11) is -1.61. The number of piperidine rings is 1. The van der Waals surface area contributed by atoms with Gasteiger partial charge in [-0.2, -0.15) is 17.0 Å². The minimum Gasteiger partial charge on any atom is -0.195 e. The molecule has 0 amide bonds. The first-order valence-electron chi connectivity index (χ1n) is 5.29. The summed E-state index contributed by atoms with van der Waals surface area (Å²) >= 11 is 5.75. The highest BCUT2D eigenvalue weighted by Crippen LogP contribution is 2.21. The van der Waals surface area contributed by atoms with Gasteiger partial charge >= 0.3 is 0 Å². The Morgan fingerprint density at radius 2 is 1.93 bits per heavy atom. The largest absolute Gasteiger partial charge is 0.281 e. The molecule has 1 aliphatic heterocycles. The first kappa shape index (κ1) is 13.2. The zero-order chi connectivity index (χ0) is 11.5. The lowest BCUT2D eigenvalue weighted by molar-refractivity contribution is 0.273. The van der Waals surface area contributed by atoms with Crippen LogP contribution in [0.25, 0.3) is 0 Å². The zero-order valence-corrected chi connectivity index (χ0v) is 10.9. The number of alkyl halides is 1. The average molecular weight is 255 g/mol. The molecule has 0 N–H and O–H groups in total. The van der Waals surface area contributed by atoms with Crippen LogP contribution in [-0.2, 0) is 10.2 Å². The Hall–Kier alpha value is 0.160. The predicted molar refractivity (Wildman–Crippen MR) is 62.2 cm³/mol. The Labute approximate surface area is 97.4 Å². The summed E-state index contributed by atoms with van der Waals surface area (Å²) < 4.78 is 26.8. The fraction of sp³-hybridized carbons (Fsp3) is 1.00. The minimum atomic E-state index is -3.22. The maximum absolute atomic E-state index is 11.9. The molecule has 0 aromatic heterocycles. The average Bonchev–Trinajstić information content (AvgIpc) is 2.28. The summed E-state index contributed by atoms with van der Waals surface area (Å²) in [5.41, 5.74) is 0. The van der Waals surface area contributed by atoms with E-state index in [1.807, 2.05) is 6.92 Å². The van der Waals surface area contributed by atoms with E-state index in [0.29, 0.717) is 31.4 Å². The Bertz CT molecular complexity index is 286. The lowest BCUT2D eigenvalue weighted by atomic mass is 10.0. The van der Waals surface area contributed by atoms with Gasteiger partial charge < -0.3 is 0 Å². The van der Waals surface area contributed by atoms with Gasteiger partial charge in [0.1, 0.15) is 0 Å². The molecule has 1 saturated heterocycles. The van der Waals surface area contributed by atoms with Crippen LogP contribution >= 0.6 is 11.6 Å². The van der Waals surface area contributed by atoms with Gasteiger partial charge in [-0.05, 0) is 18.8 Å². The minimum absolute atomic E-state index is 0.477. The first-order valence-corrected chi connectivity index (χ1v) is 7.22. The van der Waals surface area contributed by atoms with Crippen LogP contribution < -0.4 is 0 Å². The van der Waals surface area contributed by atoms with Gasteiger partial charge in [0, 0.05) is 32.6 Å². The standard InChI is InChI=1S/C9H19ClN2O2S/c1-3-11(2)15(13,14)12-6-4-9(8-10)5-7-12/h9H,3-8H2,1-2H3. The first-order chi connectivity index (χ1) is 7.02. The van der Waals surface area contributed by atoms with Gasteiger partial charge in [-0.15, -0.1) is 11.6 Å². The van der Waals surface area contributed by atoms with Crippen LogP contribution in [0.2, 0.25) is 0 Å². The number of nitrogens with zero attached hydrogens (tertiary/aromatic N) is 2. The van der Waals surface area contributed by atoms with E-state index in [4.69, 9.17) is 11.6 Å². The van der Waals surface area contributed by atoms with Gasteiger partial charge in [0.2, 0.25) is 0 Å². The van der Waals surface area contributed by atoms with Crippen molar-refractivity contribution in [1.82, 2.24) is 8.61 Å². The molecule has 0 aliphatic carbocycles. The lowest BCUT2D eigenvalue weighted by Gasteiger charge is -2.32. The lowest BCUT2D eigenvalue weighted by Crippen LogP contribution is -2.45. The molecule has 1 aliphatic rings. The summed E-state index contributed by atoms with van der Waals surface area (Å²) in [5.74, 6) is 1.11. The van der Waals surface area contributed by atoms with E-state index in [0.717, 1.165) is 12.8 Å². The summed E-state index contributed by atoms with van der Waals surface area (Å²) in [6.45, 7) is 3.55. The number of hydrogen-bond donors (Lipinski definition) is 0. The summed E-state index contributed by atoms with van der Waals surface area (Å²) in [6, 6.07) is 0. The molecule has 0 saturated carbocycles. The Kier molecular flexibility index (Phi) is 4.83. The SMILES string of the molecule is CCN(C)S(=O)(=O)N1CCC(CCl)CC1. The summed E-state index contributed by atoms with van der Waals surface area (Å²) in [6.07, 6.45) is 1.75. The zero-order valence-electron chi connectivity index (χ0n) is 9.32. The molecule has 1 heterocycles. The van der Waals surface area contributed by atoms with Crippen molar-refractivity contribution in [2.45, 2.75) is 19.8 Å². The predicted octanol–water partition coefficient (Wildman–Crippen LogP) is 1.13. The molecular weight excluding hydrogens is 236 g/mol. The quantitative estimate of drug-likeness (QED) is 0.706. The van der Waals surface area contributed by atoms with E-state index in [-0.39, 0.29) is 0 Å². The monoisotopic (exact) mass is 254 g/mol. The van der Waals surface area contributed by atoms with E-state index >= 15 is 0 Å². The van der Waals surface area contributed by atoms with Gasteiger partial charge in [0.25, 0.3) is 10.2 Å². The van der Waals surface area contributed by atoms with E-state index in [2.05, 4.69) is 0 Å². The second kappa shape index (κ2) is 5.48. The summed E-state index contributed by atoms with van der Waals surface area (Å²) in [4.78, 5) is 0. The molecule has 0 aromatic rings. The van der Waals surface area contributed by atoms with E-state index in [9.17, 15) is 8.42 Å². The van der Waals surface area contributed by atoms with Crippen LogP contribution in [0.4, 0.5) is 0 Å². The van der Waals surface area contributed by atoms with E-state index in [1.54, 1.807) is 11.4 Å². The second-order valence-electron chi connectivity index (χ2n) is 3.92. The fourth-order valence-electron chi connectivity index (χ4n) is 1.65. The number of halogens is 1. The molecule has 0 unspecified atom stereocenters. The van der Waals surface area contributed by atoms with Gasteiger partial charge in [0.15, 0.2) is 0 Å². The third-order valence-corrected chi connectivity index (χ3v) is 5.46. The molecule has 90 valence electrons. The Morgan fingerprint density at radius 1 is 1.40 bits per heavy atom. The molecule has 0 bridgehead atoms. The van der Waals surface area contributed by atoms with Gasteiger partial charge in [-0.3, -0.25) is 0 Å². The normalized spacial score (nSPS) is 21.1. The third-order valence-electron chi connectivity index (χ3n) is 2.96. The molecule has 0 spiro atoms. The Morgan fingerprint density at radius 3 is 2.33 bits per heavy atom. The van der Waals surface area contributed by atoms with Crippen molar-refractivity contribution < 1.29 is 8.42 Å². The third kappa shape index (κ3) is 3.06. The van der Waals surface area contributed by atoms with Crippen molar-refractivity contribution in [3.63, 3.8) is 0 Å². The summed E-state index contributed by atoms with van der Waals surface area (Å²) in [5, 5.41) is 0. The molecule has 1 rings (SSSR count). The molecule has 4 nitrogen and oxygen atoms in total. The van der Waals surface area contributed by atoms with E-state index in [1.165, 1.54) is 4.31 Å². The molecule has 0 atom stereocenters. The highest BCUT2D eigenvalue weighted by molar-refractivity contribution is 7.86. The molecular formula is C9H19ClN2O2S. The van der Waals surface area contributed by atoms with Crippen molar-refractivity contribution in [2.24, 2.45) is 5.92 Å². The van der Waals surface area contributed by atoms with Crippen LogP contribution in [0, 0.1) is 5.92 Å². The number of rotatable bonds is 4. The van der Waals surface area contributed by atoms with Gasteiger partial charge in [-0.25, -0.2) is 0 Å². The molecule has 6 heteroatoms. The Balaban J connectivity index is 2.60. The van der Waals surface area contributed by atoms with Crippen molar-refractivity contribution in [2.75, 3.05) is 32.6 Å². The molecule has 15 heavy (non-hydrogen) atoms. The van der Waals surface area contributed by atoms with Crippen LogP contribution in [0.3, 0.4) is 0 Å². The maximum Gasteiger partial charge on any atom is 0.281 e. The second-order valence-corrected chi connectivity index (χ2v) is 6.26. The van der Waals surface area contributed by atoms with Crippen molar-refractivity contribution >= 4 is 21.8 Å². The highest BCUT2D eigenvalue weighted by atomic mass is 35.5. The number of hydrogen-bond acceptors (Lipinski definition) is 2. The van der Waals surface area contributed by atoms with Crippen molar-refractivity contribution in [1.29, 1.82) is 0 Å². The smallest absolute Gasteiger partial charge is 0.195 e. The molecule has 0 aromatic carbocycles. The van der Waals surface area contributed by atoms with E-state index < -0.39 is 10.2 Å². The van der Waals surface area contributed by atoms with Crippen molar-refractivity contribution in [3.05, 3.63) is 0 Å². The van der Waals surface area contributed by atoms with Crippen LogP contribution in [-0.4, -0.2) is 49.6 Å². The van der Waals surface area contributed by atoms with Crippen LogP contribution in [0.15, 0.2) is 0 Å². The van der Waals surface area contributed by atoms with Gasteiger partial charge in [-0.1, -0.05) is 6.92 Å². The van der Waals surface area contributed by atoms with Crippen LogP contribution in [0.1, 0.15) is 19.8 Å².